The van der Waals surface area contributed by atoms with Crippen molar-refractivity contribution in [1.29, 1.82) is 0 Å². The lowest BCUT2D eigenvalue weighted by atomic mass is 9.46. The fourth-order valence-corrected chi connectivity index (χ4v) is 15.1. The molecule has 4 saturated carbocycles. The van der Waals surface area contributed by atoms with Crippen LogP contribution in [0.1, 0.15) is 129 Å². The third-order valence-electron chi connectivity index (χ3n) is 18.4. The summed E-state index contributed by atoms with van der Waals surface area (Å²) in [6, 6.07) is 4.29. The standard InChI is InChI=1S/2C25H33NO3/c1-24-11-9-23(27)29-15-17(24)4-5-19-21-7-6-20(25(21,2)10-8-22(19)24)16-12-18(28-3)14-26-13-16;1-24-10-11-29-23(27)13-17(24)4-5-19-21-7-6-20(25(21,2)9-8-22(19)24)16-12-18(28-3)15-26-14-16/h6,12-14,17,19,21-22H,4-5,7-11,15H2,1-3H3;6,12,14-15,17,19,21-22H,4-5,7-11,13H2,1-3H3/t2*17-,19-,21-,22-,24-,25+/m00/s1. The van der Waals surface area contributed by atoms with E-state index in [-0.39, 0.29) is 33.6 Å². The molecule has 6 aliphatic carbocycles. The van der Waals surface area contributed by atoms with Crippen molar-refractivity contribution in [2.24, 2.45) is 69.0 Å². The van der Waals surface area contributed by atoms with Crippen LogP contribution in [0.2, 0.25) is 0 Å². The number of hydrogen-bond acceptors (Lipinski definition) is 8. The fourth-order valence-electron chi connectivity index (χ4n) is 15.1. The van der Waals surface area contributed by atoms with Crippen molar-refractivity contribution in [1.82, 2.24) is 9.97 Å². The number of cyclic esters (lactones) is 2. The molecule has 2 aromatic rings. The van der Waals surface area contributed by atoms with Crippen LogP contribution >= 0.6 is 0 Å². The molecular formula is C50H66N2O6. The maximum Gasteiger partial charge on any atom is 0.306 e. The highest BCUT2D eigenvalue weighted by Gasteiger charge is 2.60. The Morgan fingerprint density at radius 1 is 0.603 bits per heavy atom. The number of esters is 2. The third-order valence-corrected chi connectivity index (χ3v) is 18.4. The van der Waals surface area contributed by atoms with Gasteiger partial charge in [0.2, 0.25) is 0 Å². The predicted octanol–water partition coefficient (Wildman–Crippen LogP) is 10.6. The Morgan fingerprint density at radius 3 is 1.69 bits per heavy atom. The molecule has 312 valence electrons. The highest BCUT2D eigenvalue weighted by Crippen LogP contribution is 2.68. The van der Waals surface area contributed by atoms with Crippen LogP contribution < -0.4 is 9.47 Å². The third kappa shape index (κ3) is 6.44. The van der Waals surface area contributed by atoms with Crippen molar-refractivity contribution >= 4 is 23.1 Å². The molecule has 4 heterocycles. The van der Waals surface area contributed by atoms with Crippen molar-refractivity contribution in [3.63, 3.8) is 0 Å². The summed E-state index contributed by atoms with van der Waals surface area (Å²) in [5, 5.41) is 0. The van der Waals surface area contributed by atoms with Crippen LogP contribution in [0.15, 0.2) is 49.1 Å². The second kappa shape index (κ2) is 15.1. The van der Waals surface area contributed by atoms with Gasteiger partial charge in [-0.05, 0) is 180 Å². The Kier molecular flexibility index (Phi) is 10.4. The van der Waals surface area contributed by atoms with Crippen LogP contribution in [0.4, 0.5) is 0 Å². The number of ether oxygens (including phenoxy) is 4. The normalized spacial score (nSPS) is 41.3. The van der Waals surface area contributed by atoms with E-state index in [1.165, 1.54) is 86.5 Å². The number of carbonyl (C=O) groups excluding carboxylic acids is 2. The zero-order valence-corrected chi connectivity index (χ0v) is 35.9. The minimum atomic E-state index is 0.00756. The lowest BCUT2D eigenvalue weighted by Gasteiger charge is -2.58. The van der Waals surface area contributed by atoms with Gasteiger partial charge in [0, 0.05) is 25.2 Å². The van der Waals surface area contributed by atoms with Gasteiger partial charge in [-0.15, -0.1) is 0 Å². The first kappa shape index (κ1) is 39.8. The van der Waals surface area contributed by atoms with Crippen molar-refractivity contribution in [3.8, 4) is 11.5 Å². The lowest BCUT2D eigenvalue weighted by molar-refractivity contribution is -0.145. The molecule has 8 heteroatoms. The molecule has 0 unspecified atom stereocenters. The van der Waals surface area contributed by atoms with Crippen LogP contribution in [-0.4, -0.2) is 49.3 Å². The molecular weight excluding hydrogens is 725 g/mol. The van der Waals surface area contributed by atoms with Crippen molar-refractivity contribution in [2.45, 2.75) is 118 Å². The molecule has 0 radical (unpaired) electrons. The van der Waals surface area contributed by atoms with Crippen LogP contribution in [0.25, 0.3) is 11.1 Å². The minimum absolute atomic E-state index is 0.00756. The highest BCUT2D eigenvalue weighted by molar-refractivity contribution is 5.74. The SMILES string of the molecule is COc1cncc(C2=CC[C@H]3[C@@H]4CC[C@H]5CC(=O)OCC[C@]5(C)[C@H]4CC[C@]23C)c1.COc1cncc(C2=CC[C@H]3[C@@H]4CC[C@H]5COC(=O)CC[C@]5(C)[C@H]4CC[C@]23C)c1. The van der Waals surface area contributed by atoms with Gasteiger partial charge in [0.15, 0.2) is 0 Å². The van der Waals surface area contributed by atoms with Gasteiger partial charge in [-0.25, -0.2) is 0 Å². The number of aromatic nitrogens is 2. The van der Waals surface area contributed by atoms with Gasteiger partial charge in [0.25, 0.3) is 0 Å². The Hall–Kier alpha value is -3.68. The van der Waals surface area contributed by atoms with E-state index in [4.69, 9.17) is 18.9 Å². The van der Waals surface area contributed by atoms with Crippen LogP contribution in [0.5, 0.6) is 11.5 Å². The Balaban J connectivity index is 0.000000150. The topological polar surface area (TPSA) is 96.8 Å². The zero-order chi connectivity index (χ0) is 40.5. The van der Waals surface area contributed by atoms with Crippen LogP contribution in [0, 0.1) is 69.0 Å². The van der Waals surface area contributed by atoms with E-state index < -0.39 is 0 Å². The quantitative estimate of drug-likeness (QED) is 0.283. The summed E-state index contributed by atoms with van der Waals surface area (Å²) in [7, 11) is 3.42. The van der Waals surface area contributed by atoms with E-state index in [1.807, 2.05) is 12.4 Å². The first-order valence-corrected chi connectivity index (χ1v) is 22.6. The predicted molar refractivity (Wildman–Crippen MR) is 224 cm³/mol. The van der Waals surface area contributed by atoms with E-state index in [1.54, 1.807) is 26.6 Å². The molecule has 0 amide bonds. The summed E-state index contributed by atoms with van der Waals surface area (Å²) in [6.45, 7) is 11.2. The number of allylic oxidation sites excluding steroid dienone is 4. The first-order chi connectivity index (χ1) is 27.9. The molecule has 10 rings (SSSR count). The molecule has 8 nitrogen and oxygen atoms in total. The second-order valence-corrected chi connectivity index (χ2v) is 20.5. The molecule has 2 aliphatic heterocycles. The molecule has 0 N–H and O–H groups in total. The van der Waals surface area contributed by atoms with E-state index in [0.717, 1.165) is 36.2 Å². The van der Waals surface area contributed by atoms with Crippen molar-refractivity contribution in [2.75, 3.05) is 27.4 Å². The summed E-state index contributed by atoms with van der Waals surface area (Å²) in [4.78, 5) is 32.9. The summed E-state index contributed by atoms with van der Waals surface area (Å²) < 4.78 is 21.9. The van der Waals surface area contributed by atoms with E-state index >= 15 is 0 Å². The van der Waals surface area contributed by atoms with E-state index in [2.05, 4.69) is 61.9 Å². The van der Waals surface area contributed by atoms with E-state index in [0.29, 0.717) is 61.6 Å². The largest absolute Gasteiger partial charge is 0.495 e. The van der Waals surface area contributed by atoms with Crippen LogP contribution in [-0.2, 0) is 19.1 Å². The van der Waals surface area contributed by atoms with Gasteiger partial charge in [0.1, 0.15) is 11.5 Å². The van der Waals surface area contributed by atoms with Gasteiger partial charge in [-0.3, -0.25) is 19.6 Å². The van der Waals surface area contributed by atoms with Gasteiger partial charge < -0.3 is 18.9 Å². The number of pyridine rings is 2. The monoisotopic (exact) mass is 790 g/mol. The molecule has 2 aromatic heterocycles. The lowest BCUT2D eigenvalue weighted by Crippen LogP contribution is -2.51. The number of nitrogens with zero attached hydrogens (tertiary/aromatic N) is 2. The maximum atomic E-state index is 12.1. The minimum Gasteiger partial charge on any atom is -0.495 e. The maximum absolute atomic E-state index is 12.1. The van der Waals surface area contributed by atoms with Gasteiger partial charge in [-0.2, -0.15) is 0 Å². The number of methoxy groups -OCH3 is 2. The first-order valence-electron chi connectivity index (χ1n) is 22.6. The second-order valence-electron chi connectivity index (χ2n) is 20.5. The van der Waals surface area contributed by atoms with Crippen LogP contribution in [0.3, 0.4) is 0 Å². The van der Waals surface area contributed by atoms with Crippen molar-refractivity contribution in [3.05, 3.63) is 60.2 Å². The molecule has 2 saturated heterocycles. The molecule has 0 bridgehead atoms. The van der Waals surface area contributed by atoms with E-state index in [9.17, 15) is 9.59 Å². The Bertz CT molecular complexity index is 1880. The number of carbonyl (C=O) groups is 2. The molecule has 8 aliphatic rings. The average molecular weight is 791 g/mol. The molecule has 58 heavy (non-hydrogen) atoms. The molecule has 12 atom stereocenters. The Morgan fingerprint density at radius 2 is 1.14 bits per heavy atom. The fraction of sp³-hybridized carbons (Fsp3) is 0.680. The van der Waals surface area contributed by atoms with Gasteiger partial charge in [-0.1, -0.05) is 39.8 Å². The summed E-state index contributed by atoms with van der Waals surface area (Å²) >= 11 is 0. The van der Waals surface area contributed by atoms with Crippen molar-refractivity contribution < 1.29 is 28.5 Å². The van der Waals surface area contributed by atoms with Gasteiger partial charge >= 0.3 is 11.9 Å². The highest BCUT2D eigenvalue weighted by atomic mass is 16.5. The summed E-state index contributed by atoms with van der Waals surface area (Å²) in [6.07, 6.45) is 28.0. The number of fused-ring (bicyclic) bond motifs is 10. The summed E-state index contributed by atoms with van der Waals surface area (Å²) in [5.74, 6) is 7.04. The molecule has 0 spiro atoms. The smallest absolute Gasteiger partial charge is 0.306 e. The van der Waals surface area contributed by atoms with Gasteiger partial charge in [0.05, 0.1) is 39.8 Å². The number of hydrogen-bond donors (Lipinski definition) is 0. The summed E-state index contributed by atoms with van der Waals surface area (Å²) in [5.41, 5.74) is 6.32. The molecule has 6 fully saturated rings. The average Bonchev–Trinajstić information content (AvgIpc) is 3.67. The number of rotatable bonds is 4. The molecule has 0 aromatic carbocycles. The Labute approximate surface area is 346 Å². The zero-order valence-electron chi connectivity index (χ0n) is 35.9.